The van der Waals surface area contributed by atoms with Crippen molar-refractivity contribution < 1.29 is 27.1 Å². The first-order chi connectivity index (χ1) is 13.9. The zero-order valence-corrected chi connectivity index (χ0v) is 16.0. The molecule has 1 fully saturated rings. The number of benzene rings is 1. The highest BCUT2D eigenvalue weighted by molar-refractivity contribution is 7.14. The molecule has 0 radical (unpaired) electrons. The second kappa shape index (κ2) is 8.00. The van der Waals surface area contributed by atoms with Gasteiger partial charge in [-0.1, -0.05) is 12.1 Å². The molecule has 1 aromatic carbocycles. The summed E-state index contributed by atoms with van der Waals surface area (Å²) in [5, 5.41) is 2.03. The molecule has 2 aromatic heterocycles. The summed E-state index contributed by atoms with van der Waals surface area (Å²) in [6.07, 6.45) is -1.40. The molecular formula is C20H17F3N2O3S. The molecule has 0 bridgehead atoms. The molecule has 4 rings (SSSR count). The van der Waals surface area contributed by atoms with Gasteiger partial charge in [0.05, 0.1) is 30.2 Å². The molecule has 152 valence electrons. The lowest BCUT2D eigenvalue weighted by Crippen LogP contribution is -2.37. The lowest BCUT2D eigenvalue weighted by Gasteiger charge is -2.22. The van der Waals surface area contributed by atoms with E-state index in [0.717, 1.165) is 25.0 Å². The van der Waals surface area contributed by atoms with Crippen LogP contribution in [-0.2, 0) is 10.9 Å². The number of alkyl halides is 3. The van der Waals surface area contributed by atoms with E-state index in [1.807, 2.05) is 0 Å². The fourth-order valence-corrected chi connectivity index (χ4v) is 3.99. The number of hydrogen-bond acceptors (Lipinski definition) is 5. The minimum Gasteiger partial charge on any atom is -0.459 e. The van der Waals surface area contributed by atoms with Crippen LogP contribution < -0.4 is 4.90 Å². The van der Waals surface area contributed by atoms with E-state index in [0.29, 0.717) is 29.5 Å². The molecule has 0 unspecified atom stereocenters. The zero-order chi connectivity index (χ0) is 20.4. The van der Waals surface area contributed by atoms with E-state index in [9.17, 15) is 18.0 Å². The summed E-state index contributed by atoms with van der Waals surface area (Å²) >= 11 is 1.19. The van der Waals surface area contributed by atoms with Crippen molar-refractivity contribution in [3.63, 3.8) is 0 Å². The van der Waals surface area contributed by atoms with Gasteiger partial charge in [-0.15, -0.1) is 11.3 Å². The molecule has 0 aliphatic carbocycles. The van der Waals surface area contributed by atoms with Gasteiger partial charge in [0.2, 0.25) is 0 Å². The fourth-order valence-electron chi connectivity index (χ4n) is 3.15. The number of carbonyl (C=O) groups excluding carboxylic acids is 1. The highest BCUT2D eigenvalue weighted by Crippen LogP contribution is 2.34. The second-order valence-electron chi connectivity index (χ2n) is 6.62. The van der Waals surface area contributed by atoms with E-state index in [1.165, 1.54) is 28.6 Å². The summed E-state index contributed by atoms with van der Waals surface area (Å²) < 4.78 is 49.9. The smallest absolute Gasteiger partial charge is 0.416 e. The summed E-state index contributed by atoms with van der Waals surface area (Å²) in [6, 6.07) is 8.15. The van der Waals surface area contributed by atoms with Crippen molar-refractivity contribution in [2.24, 2.45) is 0 Å². The van der Waals surface area contributed by atoms with Crippen LogP contribution in [0.2, 0.25) is 0 Å². The third kappa shape index (κ3) is 4.35. The van der Waals surface area contributed by atoms with Crippen molar-refractivity contribution in [1.29, 1.82) is 0 Å². The molecule has 9 heteroatoms. The molecule has 0 saturated carbocycles. The lowest BCUT2D eigenvalue weighted by molar-refractivity contribution is -0.137. The Hall–Kier alpha value is -2.65. The maximum atomic E-state index is 13.0. The van der Waals surface area contributed by atoms with Gasteiger partial charge in [-0.2, -0.15) is 13.2 Å². The number of rotatable bonds is 5. The van der Waals surface area contributed by atoms with E-state index in [4.69, 9.17) is 9.15 Å². The largest absolute Gasteiger partial charge is 0.459 e. The maximum Gasteiger partial charge on any atom is 0.416 e. The van der Waals surface area contributed by atoms with Crippen molar-refractivity contribution in [2.45, 2.75) is 25.1 Å². The molecule has 1 aliphatic rings. The van der Waals surface area contributed by atoms with Crippen LogP contribution in [0, 0.1) is 0 Å². The zero-order valence-electron chi connectivity index (χ0n) is 15.2. The Bertz CT molecular complexity index is 979. The van der Waals surface area contributed by atoms with Gasteiger partial charge in [-0.25, -0.2) is 4.98 Å². The molecule has 3 heterocycles. The topological polar surface area (TPSA) is 55.6 Å². The number of nitrogens with zero attached hydrogens (tertiary/aromatic N) is 2. The van der Waals surface area contributed by atoms with Crippen LogP contribution in [0.25, 0.3) is 11.3 Å². The van der Waals surface area contributed by atoms with Crippen LogP contribution in [0.4, 0.5) is 18.3 Å². The van der Waals surface area contributed by atoms with Gasteiger partial charge in [-0.3, -0.25) is 9.69 Å². The fraction of sp³-hybridized carbons (Fsp3) is 0.300. The van der Waals surface area contributed by atoms with Gasteiger partial charge in [0.1, 0.15) is 0 Å². The number of anilines is 1. The summed E-state index contributed by atoms with van der Waals surface area (Å²) in [4.78, 5) is 18.8. The summed E-state index contributed by atoms with van der Waals surface area (Å²) in [7, 11) is 0. The van der Waals surface area contributed by atoms with E-state index in [-0.39, 0.29) is 17.8 Å². The molecule has 29 heavy (non-hydrogen) atoms. The van der Waals surface area contributed by atoms with E-state index in [2.05, 4.69) is 4.98 Å². The molecule has 1 amide bonds. The molecule has 0 spiro atoms. The Morgan fingerprint density at radius 3 is 2.83 bits per heavy atom. The van der Waals surface area contributed by atoms with Gasteiger partial charge >= 0.3 is 6.18 Å². The van der Waals surface area contributed by atoms with Crippen molar-refractivity contribution in [3.05, 3.63) is 59.4 Å². The SMILES string of the molecule is O=C(c1ccco1)N(C[C@H]1CCCO1)c1nc(-c2cccc(C(F)(F)F)c2)cs1. The van der Waals surface area contributed by atoms with Crippen LogP contribution in [0.5, 0.6) is 0 Å². The van der Waals surface area contributed by atoms with Gasteiger partial charge in [0.25, 0.3) is 5.91 Å². The average Bonchev–Trinajstić information content (AvgIpc) is 3.48. The molecule has 3 aromatic rings. The standard InChI is InChI=1S/C20H17F3N2O3S/c21-20(22,23)14-5-1-4-13(10-14)16-12-29-19(24-16)25(11-15-6-2-8-27-15)18(26)17-7-3-9-28-17/h1,3-5,7,9-10,12,15H,2,6,8,11H2/t15-/m1/s1. The minimum atomic E-state index is -4.43. The first-order valence-electron chi connectivity index (χ1n) is 9.02. The number of amides is 1. The number of hydrogen-bond donors (Lipinski definition) is 0. The van der Waals surface area contributed by atoms with E-state index < -0.39 is 11.7 Å². The van der Waals surface area contributed by atoms with Crippen LogP contribution in [-0.4, -0.2) is 30.1 Å². The number of furan rings is 1. The van der Waals surface area contributed by atoms with E-state index in [1.54, 1.807) is 23.6 Å². The van der Waals surface area contributed by atoms with Crippen molar-refractivity contribution >= 4 is 22.4 Å². The third-order valence-electron chi connectivity index (χ3n) is 4.60. The average molecular weight is 422 g/mol. The van der Waals surface area contributed by atoms with Crippen LogP contribution >= 0.6 is 11.3 Å². The van der Waals surface area contributed by atoms with Gasteiger partial charge in [0.15, 0.2) is 10.9 Å². The predicted octanol–water partition coefficient (Wildman–Crippen LogP) is 5.25. The summed E-state index contributed by atoms with van der Waals surface area (Å²) in [5.74, 6) is -0.200. The van der Waals surface area contributed by atoms with Crippen molar-refractivity contribution in [3.8, 4) is 11.3 Å². The minimum absolute atomic E-state index is 0.116. The normalized spacial score (nSPS) is 16.9. The van der Waals surface area contributed by atoms with Gasteiger partial charge < -0.3 is 9.15 Å². The summed E-state index contributed by atoms with van der Waals surface area (Å²) in [5.41, 5.74) is -0.0297. The lowest BCUT2D eigenvalue weighted by atomic mass is 10.1. The number of halogens is 3. The van der Waals surface area contributed by atoms with Gasteiger partial charge in [0, 0.05) is 17.6 Å². The Morgan fingerprint density at radius 1 is 1.28 bits per heavy atom. The number of thiazole rings is 1. The maximum absolute atomic E-state index is 13.0. The van der Waals surface area contributed by atoms with Gasteiger partial charge in [-0.05, 0) is 37.1 Å². The number of ether oxygens (including phenoxy) is 1. The number of aromatic nitrogens is 1. The van der Waals surface area contributed by atoms with Crippen LogP contribution in [0.1, 0.15) is 29.0 Å². The Kier molecular flexibility index (Phi) is 5.42. The Labute approximate surface area is 168 Å². The Balaban J connectivity index is 1.64. The van der Waals surface area contributed by atoms with Crippen molar-refractivity contribution in [1.82, 2.24) is 4.98 Å². The molecule has 5 nitrogen and oxygen atoms in total. The van der Waals surface area contributed by atoms with E-state index >= 15 is 0 Å². The quantitative estimate of drug-likeness (QED) is 0.564. The molecule has 1 aliphatic heterocycles. The van der Waals surface area contributed by atoms with Crippen LogP contribution in [0.3, 0.4) is 0 Å². The molecule has 1 saturated heterocycles. The molecule has 1 atom stereocenters. The third-order valence-corrected chi connectivity index (χ3v) is 5.46. The van der Waals surface area contributed by atoms with Crippen LogP contribution in [0.15, 0.2) is 52.5 Å². The highest BCUT2D eigenvalue weighted by Gasteiger charge is 2.31. The first-order valence-corrected chi connectivity index (χ1v) is 9.90. The first kappa shape index (κ1) is 19.7. The summed E-state index contributed by atoms with van der Waals surface area (Å²) in [6.45, 7) is 0.940. The second-order valence-corrected chi connectivity index (χ2v) is 7.46. The predicted molar refractivity (Wildman–Crippen MR) is 102 cm³/mol. The molecule has 0 N–H and O–H groups in total. The number of carbonyl (C=O) groups is 1. The highest BCUT2D eigenvalue weighted by atomic mass is 32.1. The van der Waals surface area contributed by atoms with Crippen molar-refractivity contribution in [2.75, 3.05) is 18.1 Å². The molecular weight excluding hydrogens is 405 g/mol. The monoisotopic (exact) mass is 422 g/mol. The Morgan fingerprint density at radius 2 is 2.14 bits per heavy atom.